The van der Waals surface area contributed by atoms with E-state index < -0.39 is 0 Å². The van der Waals surface area contributed by atoms with Crippen LogP contribution in [0, 0.1) is 0 Å². The first-order chi connectivity index (χ1) is 11.8. The van der Waals surface area contributed by atoms with Gasteiger partial charge in [-0.05, 0) is 19.1 Å². The molecule has 1 saturated heterocycles. The summed E-state index contributed by atoms with van der Waals surface area (Å²) < 4.78 is 16.9. The molecule has 1 aromatic carbocycles. The van der Waals surface area contributed by atoms with Crippen LogP contribution < -0.4 is 19.7 Å². The van der Waals surface area contributed by atoms with Gasteiger partial charge in [0.1, 0.15) is 26.2 Å². The van der Waals surface area contributed by atoms with Crippen LogP contribution in [0.4, 0.5) is 0 Å². The van der Waals surface area contributed by atoms with E-state index in [4.69, 9.17) is 14.2 Å². The highest BCUT2D eigenvalue weighted by molar-refractivity contribution is 5.46. The first-order valence-corrected chi connectivity index (χ1v) is 9.06. The summed E-state index contributed by atoms with van der Waals surface area (Å²) in [6, 6.07) is 6.12. The number of nitrogens with one attached hydrogen (secondary N) is 1. The van der Waals surface area contributed by atoms with Crippen molar-refractivity contribution in [1.82, 2.24) is 0 Å². The van der Waals surface area contributed by atoms with Gasteiger partial charge in [-0.25, -0.2) is 0 Å². The molecule has 134 valence electrons. The molecule has 0 aromatic heterocycles. The Kier molecular flexibility index (Phi) is 8.66. The first kappa shape index (κ1) is 18.8. The van der Waals surface area contributed by atoms with Crippen molar-refractivity contribution < 1.29 is 24.4 Å². The maximum Gasteiger partial charge on any atom is 0.170 e. The fourth-order valence-electron chi connectivity index (χ4n) is 2.96. The predicted octanol–water partition coefficient (Wildman–Crippen LogP) is 0.0187. The van der Waals surface area contributed by atoms with E-state index in [1.165, 1.54) is 18.5 Å². The lowest BCUT2D eigenvalue weighted by atomic mass is 10.2. The fourth-order valence-corrected chi connectivity index (χ4v) is 2.96. The molecule has 24 heavy (non-hydrogen) atoms. The summed E-state index contributed by atoms with van der Waals surface area (Å²) in [5.74, 6) is 1.68. The van der Waals surface area contributed by atoms with Gasteiger partial charge in [0.2, 0.25) is 0 Å². The third-order valence-corrected chi connectivity index (χ3v) is 4.21. The Morgan fingerprint density at radius 3 is 2.88 bits per heavy atom. The lowest BCUT2D eigenvalue weighted by molar-refractivity contribution is -0.909. The monoisotopic (exact) mass is 336 g/mol. The molecule has 1 heterocycles. The van der Waals surface area contributed by atoms with Crippen molar-refractivity contribution >= 4 is 0 Å². The summed E-state index contributed by atoms with van der Waals surface area (Å²) in [7, 11) is 0. The van der Waals surface area contributed by atoms with E-state index in [0.29, 0.717) is 13.2 Å². The fraction of sp³-hybridized carbons (Fsp3) is 0.579. The number of hydrogen-bond donors (Lipinski definition) is 2. The zero-order chi connectivity index (χ0) is 17.0. The molecule has 0 spiro atoms. The van der Waals surface area contributed by atoms with Gasteiger partial charge in [0.05, 0.1) is 38.5 Å². The van der Waals surface area contributed by atoms with Crippen molar-refractivity contribution in [2.75, 3.05) is 52.6 Å². The number of rotatable bonds is 11. The lowest BCUT2D eigenvalue weighted by Gasteiger charge is -2.23. The van der Waals surface area contributed by atoms with Crippen molar-refractivity contribution in [3.05, 3.63) is 36.4 Å². The highest BCUT2D eigenvalue weighted by Gasteiger charge is 2.14. The van der Waals surface area contributed by atoms with Crippen LogP contribution in [0.1, 0.15) is 18.9 Å². The second-order valence-corrected chi connectivity index (χ2v) is 6.02. The van der Waals surface area contributed by atoms with Gasteiger partial charge in [-0.1, -0.05) is 18.7 Å². The van der Waals surface area contributed by atoms with Crippen molar-refractivity contribution in [2.24, 2.45) is 0 Å². The Morgan fingerprint density at radius 2 is 2.12 bits per heavy atom. The van der Waals surface area contributed by atoms with Crippen LogP contribution in [-0.4, -0.2) is 52.6 Å². The molecule has 0 atom stereocenters. The molecule has 5 heteroatoms. The Morgan fingerprint density at radius 1 is 1.29 bits per heavy atom. The molecule has 0 saturated carbocycles. The van der Waals surface area contributed by atoms with Crippen LogP contribution in [0.25, 0.3) is 0 Å². The van der Waals surface area contributed by atoms with Crippen LogP contribution in [-0.2, 0) is 11.3 Å². The van der Waals surface area contributed by atoms with Gasteiger partial charge in [-0.2, -0.15) is 0 Å². The van der Waals surface area contributed by atoms with Gasteiger partial charge in [0.15, 0.2) is 11.5 Å². The van der Waals surface area contributed by atoms with Gasteiger partial charge < -0.3 is 24.4 Å². The highest BCUT2D eigenvalue weighted by Crippen LogP contribution is 2.30. The SMILES string of the molecule is C=CCOc1c(C[NH2+]CCC[NH+]2CCOCC2)cccc1OCC. The van der Waals surface area contributed by atoms with Crippen LogP contribution >= 0.6 is 0 Å². The maximum absolute atomic E-state index is 5.84. The minimum atomic E-state index is 0.497. The summed E-state index contributed by atoms with van der Waals surface area (Å²) in [4.78, 5) is 1.67. The average Bonchev–Trinajstić information content (AvgIpc) is 2.62. The standard InChI is InChI=1S/C19H30N2O3/c1-3-13-24-19-17(7-5-8-18(19)23-4-2)16-20-9-6-10-21-11-14-22-15-12-21/h3,5,7-8,20H,1,4,6,9-16H2,2H3/p+2. The minimum absolute atomic E-state index is 0.497. The smallest absolute Gasteiger partial charge is 0.170 e. The molecule has 2 rings (SSSR count). The quantitative estimate of drug-likeness (QED) is 0.442. The Balaban J connectivity index is 1.79. The summed E-state index contributed by atoms with van der Waals surface area (Å²) >= 11 is 0. The summed E-state index contributed by atoms with van der Waals surface area (Å²) in [5, 5.41) is 2.35. The normalized spacial score (nSPS) is 15.2. The van der Waals surface area contributed by atoms with Crippen molar-refractivity contribution in [1.29, 1.82) is 0 Å². The Bertz CT molecular complexity index is 488. The number of benzene rings is 1. The van der Waals surface area contributed by atoms with Crippen LogP contribution in [0.2, 0.25) is 0 Å². The predicted molar refractivity (Wildman–Crippen MR) is 94.8 cm³/mol. The van der Waals surface area contributed by atoms with Gasteiger partial charge in [0, 0.05) is 6.42 Å². The molecular weight excluding hydrogens is 304 g/mol. The van der Waals surface area contributed by atoms with E-state index in [9.17, 15) is 0 Å². The topological polar surface area (TPSA) is 48.7 Å². The lowest BCUT2D eigenvalue weighted by Crippen LogP contribution is -3.14. The third kappa shape index (κ3) is 6.15. The van der Waals surface area contributed by atoms with E-state index in [1.54, 1.807) is 11.0 Å². The summed E-state index contributed by atoms with van der Waals surface area (Å²) in [5.41, 5.74) is 1.18. The highest BCUT2D eigenvalue weighted by atomic mass is 16.5. The maximum atomic E-state index is 5.84. The van der Waals surface area contributed by atoms with Crippen molar-refractivity contribution in [3.63, 3.8) is 0 Å². The molecule has 0 unspecified atom stereocenters. The second-order valence-electron chi connectivity index (χ2n) is 6.02. The molecule has 1 aromatic rings. The zero-order valence-electron chi connectivity index (χ0n) is 14.9. The van der Waals surface area contributed by atoms with E-state index in [0.717, 1.165) is 50.9 Å². The Hall–Kier alpha value is -1.56. The number of nitrogens with two attached hydrogens (primary N) is 1. The number of ether oxygens (including phenoxy) is 3. The Labute approximate surface area is 145 Å². The molecular formula is C19H32N2O3+2. The third-order valence-electron chi connectivity index (χ3n) is 4.21. The van der Waals surface area contributed by atoms with Gasteiger partial charge in [-0.3, -0.25) is 0 Å². The van der Waals surface area contributed by atoms with E-state index in [2.05, 4.69) is 18.0 Å². The molecule has 5 nitrogen and oxygen atoms in total. The molecule has 1 fully saturated rings. The van der Waals surface area contributed by atoms with Gasteiger partial charge >= 0.3 is 0 Å². The van der Waals surface area contributed by atoms with Gasteiger partial charge in [0.25, 0.3) is 0 Å². The summed E-state index contributed by atoms with van der Waals surface area (Å²) in [6.07, 6.45) is 2.99. The van der Waals surface area contributed by atoms with Crippen LogP contribution in [0.15, 0.2) is 30.9 Å². The summed E-state index contributed by atoms with van der Waals surface area (Å²) in [6.45, 7) is 14.2. The van der Waals surface area contributed by atoms with E-state index in [-0.39, 0.29) is 0 Å². The molecule has 0 bridgehead atoms. The molecule has 0 amide bonds. The molecule has 0 aliphatic carbocycles. The molecule has 1 aliphatic rings. The van der Waals surface area contributed by atoms with Gasteiger partial charge in [-0.15, -0.1) is 0 Å². The first-order valence-electron chi connectivity index (χ1n) is 9.06. The average molecular weight is 336 g/mol. The molecule has 1 aliphatic heterocycles. The van der Waals surface area contributed by atoms with E-state index in [1.807, 2.05) is 19.1 Å². The largest absolute Gasteiger partial charge is 0.490 e. The van der Waals surface area contributed by atoms with Crippen molar-refractivity contribution in [3.8, 4) is 11.5 Å². The van der Waals surface area contributed by atoms with Crippen LogP contribution in [0.3, 0.4) is 0 Å². The van der Waals surface area contributed by atoms with Crippen molar-refractivity contribution in [2.45, 2.75) is 19.9 Å². The minimum Gasteiger partial charge on any atom is -0.490 e. The number of para-hydroxylation sites is 1. The zero-order valence-corrected chi connectivity index (χ0v) is 14.9. The molecule has 0 radical (unpaired) electrons. The van der Waals surface area contributed by atoms with Crippen LogP contribution in [0.5, 0.6) is 11.5 Å². The second kappa shape index (κ2) is 11.1. The number of hydrogen-bond acceptors (Lipinski definition) is 3. The number of quaternary nitrogens is 2. The molecule has 3 N–H and O–H groups in total. The number of morpholine rings is 1. The van der Waals surface area contributed by atoms with E-state index >= 15 is 0 Å².